The van der Waals surface area contributed by atoms with E-state index in [4.69, 9.17) is 0 Å². The van der Waals surface area contributed by atoms with Gasteiger partial charge >= 0.3 is 0 Å². The number of unbranched alkanes of at least 4 members (excludes halogenated alkanes) is 3. The van der Waals surface area contributed by atoms with Crippen LogP contribution in [-0.4, -0.2) is 25.0 Å². The van der Waals surface area contributed by atoms with Gasteiger partial charge in [0.2, 0.25) is 5.91 Å². The third kappa shape index (κ3) is 4.35. The molecule has 1 aromatic rings. The number of carbonyl (C=O) groups is 1. The van der Waals surface area contributed by atoms with Crippen molar-refractivity contribution in [3.05, 3.63) is 18.3 Å². The molecule has 0 fully saturated rings. The summed E-state index contributed by atoms with van der Waals surface area (Å²) in [5.74, 6) is 0.965. The first-order valence-corrected chi connectivity index (χ1v) is 6.59. The number of anilines is 2. The first-order valence-electron chi connectivity index (χ1n) is 6.59. The lowest BCUT2D eigenvalue weighted by atomic mass is 10.1. The fourth-order valence-corrected chi connectivity index (χ4v) is 1.75. The topological polar surface area (TPSA) is 45.2 Å². The molecular formula is C14H23N3O. The number of hydrogen-bond acceptors (Lipinski definition) is 3. The second-order valence-corrected chi connectivity index (χ2v) is 4.42. The van der Waals surface area contributed by atoms with Gasteiger partial charge in [0, 0.05) is 20.5 Å². The lowest BCUT2D eigenvalue weighted by Gasteiger charge is -2.17. The number of pyridine rings is 1. The number of hydrogen-bond donors (Lipinski definition) is 1. The number of carbonyl (C=O) groups excluding carboxylic acids is 1. The molecule has 100 valence electrons. The van der Waals surface area contributed by atoms with Gasteiger partial charge in [-0.25, -0.2) is 4.98 Å². The summed E-state index contributed by atoms with van der Waals surface area (Å²) in [5, 5.41) is 2.96. The number of rotatable bonds is 7. The van der Waals surface area contributed by atoms with Crippen LogP contribution in [0.3, 0.4) is 0 Å². The Morgan fingerprint density at radius 2 is 2.11 bits per heavy atom. The maximum Gasteiger partial charge on any atom is 0.226 e. The number of nitrogens with zero attached hydrogens (tertiary/aromatic N) is 2. The van der Waals surface area contributed by atoms with Crippen molar-refractivity contribution < 1.29 is 4.79 Å². The highest BCUT2D eigenvalue weighted by molar-refractivity contribution is 5.92. The molecule has 1 rings (SSSR count). The van der Waals surface area contributed by atoms with E-state index in [0.29, 0.717) is 6.42 Å². The first-order chi connectivity index (χ1) is 8.69. The van der Waals surface area contributed by atoms with Crippen molar-refractivity contribution in [1.82, 2.24) is 4.98 Å². The maximum absolute atomic E-state index is 11.9. The molecule has 1 N–H and O–H groups in total. The zero-order chi connectivity index (χ0) is 13.4. The van der Waals surface area contributed by atoms with Gasteiger partial charge in [0.15, 0.2) is 0 Å². The van der Waals surface area contributed by atoms with Crippen molar-refractivity contribution in [2.24, 2.45) is 0 Å². The van der Waals surface area contributed by atoms with Crippen molar-refractivity contribution in [3.63, 3.8) is 0 Å². The van der Waals surface area contributed by atoms with Crippen molar-refractivity contribution in [3.8, 4) is 0 Å². The highest BCUT2D eigenvalue weighted by atomic mass is 16.2. The second kappa shape index (κ2) is 7.69. The monoisotopic (exact) mass is 249 g/mol. The van der Waals surface area contributed by atoms with Crippen LogP contribution in [0.4, 0.5) is 11.5 Å². The van der Waals surface area contributed by atoms with E-state index < -0.39 is 0 Å². The molecule has 0 saturated heterocycles. The van der Waals surface area contributed by atoms with Crippen molar-refractivity contribution in [2.45, 2.75) is 39.0 Å². The number of nitrogens with one attached hydrogen (secondary N) is 1. The molecule has 1 amide bonds. The second-order valence-electron chi connectivity index (χ2n) is 4.42. The Labute approximate surface area is 109 Å². The van der Waals surface area contributed by atoms with Gasteiger partial charge < -0.3 is 10.2 Å². The summed E-state index contributed by atoms with van der Waals surface area (Å²) in [6.45, 7) is 2.17. The summed E-state index contributed by atoms with van der Waals surface area (Å²) in [6, 6.07) is 3.78. The van der Waals surface area contributed by atoms with E-state index in [1.54, 1.807) is 18.1 Å². The van der Waals surface area contributed by atoms with Crippen LogP contribution in [0.25, 0.3) is 0 Å². The van der Waals surface area contributed by atoms with Crippen LogP contribution in [0.2, 0.25) is 0 Å². The highest BCUT2D eigenvalue weighted by Gasteiger charge is 2.10. The lowest BCUT2D eigenvalue weighted by molar-refractivity contribution is -0.118. The van der Waals surface area contributed by atoms with Crippen LogP contribution in [-0.2, 0) is 4.79 Å². The van der Waals surface area contributed by atoms with E-state index in [2.05, 4.69) is 17.2 Å². The van der Waals surface area contributed by atoms with Gasteiger partial charge in [-0.1, -0.05) is 26.2 Å². The van der Waals surface area contributed by atoms with E-state index in [1.165, 1.54) is 12.8 Å². The van der Waals surface area contributed by atoms with Gasteiger partial charge in [0.1, 0.15) is 5.82 Å². The zero-order valence-electron chi connectivity index (χ0n) is 11.6. The molecule has 0 spiro atoms. The molecule has 0 bridgehead atoms. The quantitative estimate of drug-likeness (QED) is 0.755. The van der Waals surface area contributed by atoms with E-state index in [0.717, 1.165) is 24.3 Å². The SMILES string of the molecule is CCCCCCC(=O)N(C)c1ccc(NC)nc1. The number of amides is 1. The van der Waals surface area contributed by atoms with E-state index in [9.17, 15) is 4.79 Å². The van der Waals surface area contributed by atoms with Crippen LogP contribution >= 0.6 is 0 Å². The Morgan fingerprint density at radius 1 is 1.33 bits per heavy atom. The molecule has 1 heterocycles. The molecule has 0 aliphatic heterocycles. The van der Waals surface area contributed by atoms with Gasteiger partial charge in [-0.05, 0) is 18.6 Å². The summed E-state index contributed by atoms with van der Waals surface area (Å²) < 4.78 is 0. The molecule has 0 aromatic carbocycles. The average Bonchev–Trinajstić information content (AvgIpc) is 2.42. The molecule has 0 aliphatic rings. The van der Waals surface area contributed by atoms with Gasteiger partial charge in [-0.2, -0.15) is 0 Å². The fraction of sp³-hybridized carbons (Fsp3) is 0.571. The minimum absolute atomic E-state index is 0.158. The average molecular weight is 249 g/mol. The van der Waals surface area contributed by atoms with E-state index in [-0.39, 0.29) is 5.91 Å². The lowest BCUT2D eigenvalue weighted by Crippen LogP contribution is -2.25. The van der Waals surface area contributed by atoms with Crippen LogP contribution in [0.15, 0.2) is 18.3 Å². The molecule has 0 saturated carbocycles. The predicted molar refractivity (Wildman–Crippen MR) is 76.0 cm³/mol. The Bertz CT molecular complexity index is 362. The maximum atomic E-state index is 11.9. The first kappa shape index (κ1) is 14.5. The summed E-state index contributed by atoms with van der Waals surface area (Å²) in [7, 11) is 3.63. The minimum Gasteiger partial charge on any atom is -0.373 e. The van der Waals surface area contributed by atoms with E-state index in [1.807, 2.05) is 19.2 Å². The fourth-order valence-electron chi connectivity index (χ4n) is 1.75. The number of aromatic nitrogens is 1. The van der Waals surface area contributed by atoms with Crippen LogP contribution in [0.5, 0.6) is 0 Å². The van der Waals surface area contributed by atoms with Gasteiger partial charge in [0.25, 0.3) is 0 Å². The molecule has 0 atom stereocenters. The van der Waals surface area contributed by atoms with Crippen LogP contribution < -0.4 is 10.2 Å². The highest BCUT2D eigenvalue weighted by Crippen LogP contribution is 2.15. The molecule has 0 unspecified atom stereocenters. The zero-order valence-corrected chi connectivity index (χ0v) is 11.6. The molecule has 4 heteroatoms. The van der Waals surface area contributed by atoms with Crippen LogP contribution in [0, 0.1) is 0 Å². The van der Waals surface area contributed by atoms with Crippen molar-refractivity contribution in [2.75, 3.05) is 24.3 Å². The van der Waals surface area contributed by atoms with Gasteiger partial charge in [0.05, 0.1) is 11.9 Å². The smallest absolute Gasteiger partial charge is 0.226 e. The standard InChI is InChI=1S/C14H23N3O/c1-4-5-6-7-8-14(18)17(3)12-9-10-13(15-2)16-11-12/h9-11H,4-8H2,1-3H3,(H,15,16). The summed E-state index contributed by atoms with van der Waals surface area (Å²) in [5.41, 5.74) is 0.842. The Hall–Kier alpha value is -1.58. The van der Waals surface area contributed by atoms with Crippen molar-refractivity contribution >= 4 is 17.4 Å². The third-order valence-corrected chi connectivity index (χ3v) is 3.01. The molecule has 0 radical (unpaired) electrons. The Balaban J connectivity index is 2.46. The largest absolute Gasteiger partial charge is 0.373 e. The summed E-state index contributed by atoms with van der Waals surface area (Å²) in [4.78, 5) is 17.8. The summed E-state index contributed by atoms with van der Waals surface area (Å²) in [6.07, 6.45) is 6.83. The molecule has 4 nitrogen and oxygen atoms in total. The van der Waals surface area contributed by atoms with Crippen LogP contribution in [0.1, 0.15) is 39.0 Å². The third-order valence-electron chi connectivity index (χ3n) is 3.01. The van der Waals surface area contributed by atoms with Crippen molar-refractivity contribution in [1.29, 1.82) is 0 Å². The molecule has 0 aliphatic carbocycles. The molecular weight excluding hydrogens is 226 g/mol. The Morgan fingerprint density at radius 3 is 2.67 bits per heavy atom. The van der Waals surface area contributed by atoms with E-state index >= 15 is 0 Å². The minimum atomic E-state index is 0.158. The molecule has 1 aromatic heterocycles. The summed E-state index contributed by atoms with van der Waals surface area (Å²) >= 11 is 0. The van der Waals surface area contributed by atoms with Gasteiger partial charge in [-0.15, -0.1) is 0 Å². The molecule has 18 heavy (non-hydrogen) atoms. The Kier molecular flexibility index (Phi) is 6.19. The predicted octanol–water partition coefficient (Wildman–Crippen LogP) is 3.06. The normalized spacial score (nSPS) is 10.2. The van der Waals surface area contributed by atoms with Gasteiger partial charge in [-0.3, -0.25) is 4.79 Å².